The molecule has 7 N–H and O–H groups in total. The molecule has 6 atom stereocenters. The number of carbonyl (C=O) groups is 6. The minimum atomic E-state index is -0.825. The molecule has 62 heavy (non-hydrogen) atoms. The molecule has 2 aliphatic heterocycles. The van der Waals surface area contributed by atoms with Crippen LogP contribution in [0.25, 0.3) is 0 Å². The maximum atomic E-state index is 13.8. The largest absolute Gasteiger partial charge is 0.508 e. The molecule has 0 saturated carbocycles. The van der Waals surface area contributed by atoms with E-state index in [1.54, 1.807) is 31.2 Å². The molecule has 342 valence electrons. The number of phenols is 1. The lowest BCUT2D eigenvalue weighted by Crippen LogP contribution is -2.48. The molecule has 0 radical (unpaired) electrons. The van der Waals surface area contributed by atoms with Gasteiger partial charge in [0.05, 0.1) is 19.1 Å². The number of hydrogen-bond donors (Lipinski definition) is 6. The second-order valence-electron chi connectivity index (χ2n) is 17.2. The highest BCUT2D eigenvalue weighted by Gasteiger charge is 2.32. The highest BCUT2D eigenvalue weighted by atomic mass is 16.4. The summed E-state index contributed by atoms with van der Waals surface area (Å²) in [5.41, 5.74) is 8.04. The van der Waals surface area contributed by atoms with Gasteiger partial charge in [-0.3, -0.25) is 38.6 Å². The highest BCUT2D eigenvalue weighted by molar-refractivity contribution is 5.93. The van der Waals surface area contributed by atoms with Crippen molar-refractivity contribution in [2.45, 2.75) is 84.8 Å². The fraction of sp³-hybridized carbons (Fsp3) is 0.609. The van der Waals surface area contributed by atoms with Crippen molar-refractivity contribution in [2.24, 2.45) is 23.5 Å². The topological polar surface area (TPSA) is 218 Å². The molecule has 0 aromatic heterocycles. The van der Waals surface area contributed by atoms with Gasteiger partial charge < -0.3 is 41.7 Å². The van der Waals surface area contributed by atoms with Crippen molar-refractivity contribution in [3.05, 3.63) is 65.2 Å². The molecule has 2 bridgehead atoms. The maximum Gasteiger partial charge on any atom is 0.317 e. The number of carbonyl (C=O) groups excluding carboxylic acids is 5. The number of aromatic hydroxyl groups is 1. The zero-order valence-corrected chi connectivity index (χ0v) is 37.0. The fourth-order valence-corrected chi connectivity index (χ4v) is 8.02. The number of aliphatic carboxylic acids is 1. The summed E-state index contributed by atoms with van der Waals surface area (Å²) in [5, 5.41) is 27.8. The van der Waals surface area contributed by atoms with Crippen LogP contribution in [0.3, 0.4) is 0 Å². The third-order valence-electron chi connectivity index (χ3n) is 12.1. The minimum Gasteiger partial charge on any atom is -0.508 e. The van der Waals surface area contributed by atoms with Gasteiger partial charge in [-0.1, -0.05) is 63.6 Å². The van der Waals surface area contributed by atoms with Crippen molar-refractivity contribution in [1.82, 2.24) is 35.6 Å². The number of ketones is 1. The number of nitrogens with one attached hydrogen (secondary N) is 3. The Kier molecular flexibility index (Phi) is 20.8. The molecule has 4 amide bonds. The standard InChI is InChI=1S/C46H70N8O8/c1-4-33(2)44(50-45(61)34(3)27-35-11-14-39(55)15-12-35)40(56)28-38(13-16-41(47)57)46(62)49-30-37-9-7-36(8-10-37)29-48-42(58)31-53-19-5-17-52-22-21-51(23-25-53)18-6-20-54(26-24-52)32-43(59)60/h7-12,14-15,33-34,38,44,55H,4-6,13,16-32H2,1-3H3,(H2,47,57)(H,48,58)(H,49,62)(H,50,61)(H,59,60)/t33?,34-,38+,44-/m0/s1. The number of carboxylic acid groups (broad SMARTS) is 1. The lowest BCUT2D eigenvalue weighted by atomic mass is 9.87. The van der Waals surface area contributed by atoms with Gasteiger partial charge in [0.25, 0.3) is 0 Å². The molecule has 2 aromatic carbocycles. The number of nitrogens with zero attached hydrogens (tertiary/aromatic N) is 4. The monoisotopic (exact) mass is 863 g/mol. The molecule has 0 spiro atoms. The maximum absolute atomic E-state index is 13.8. The van der Waals surface area contributed by atoms with Crippen LogP contribution in [0.2, 0.25) is 0 Å². The minimum absolute atomic E-state index is 0.0532. The first-order chi connectivity index (χ1) is 29.7. The molecular formula is C46H70N8O8. The average molecular weight is 863 g/mol. The number of nitrogens with two attached hydrogens (primary N) is 1. The van der Waals surface area contributed by atoms with Crippen LogP contribution in [0.1, 0.15) is 76.0 Å². The van der Waals surface area contributed by atoms with Crippen molar-refractivity contribution in [3.63, 3.8) is 0 Å². The number of phenolic OH excluding ortho intramolecular Hbond substituents is 1. The number of carboxylic acids is 1. The summed E-state index contributed by atoms with van der Waals surface area (Å²) >= 11 is 0. The van der Waals surface area contributed by atoms with Crippen molar-refractivity contribution >= 4 is 35.4 Å². The third kappa shape index (κ3) is 17.8. The Labute approximate surface area is 366 Å². The number of hydrogen-bond acceptors (Lipinski definition) is 11. The van der Waals surface area contributed by atoms with E-state index in [9.17, 15) is 39.0 Å². The van der Waals surface area contributed by atoms with Gasteiger partial charge >= 0.3 is 5.97 Å². The van der Waals surface area contributed by atoms with Crippen molar-refractivity contribution in [1.29, 1.82) is 0 Å². The highest BCUT2D eigenvalue weighted by Crippen LogP contribution is 2.20. The van der Waals surface area contributed by atoms with Crippen LogP contribution in [0.4, 0.5) is 0 Å². The van der Waals surface area contributed by atoms with Crippen LogP contribution in [0.15, 0.2) is 48.5 Å². The quantitative estimate of drug-likeness (QED) is 0.106. The molecule has 16 heteroatoms. The van der Waals surface area contributed by atoms with E-state index in [0.29, 0.717) is 25.9 Å². The van der Waals surface area contributed by atoms with Gasteiger partial charge in [0, 0.05) is 83.6 Å². The first-order valence-corrected chi connectivity index (χ1v) is 22.3. The summed E-state index contributed by atoms with van der Waals surface area (Å²) in [6.07, 6.45) is 2.73. The zero-order chi connectivity index (χ0) is 45.0. The van der Waals surface area contributed by atoms with Crippen LogP contribution in [0.5, 0.6) is 5.75 Å². The normalized spacial score (nSPS) is 19.9. The molecule has 2 saturated heterocycles. The molecule has 16 nitrogen and oxygen atoms in total. The SMILES string of the molecule is CCC(C)[C@H](NC(=O)[C@@H](C)Cc1ccc(O)cc1)C(=O)C[C@@H](CCC(N)=O)C(=O)NCc1ccc(CNC(=O)CN2CCCN3CCN(CCCN(CC(=O)O)CC3)CC2)cc1. The van der Waals surface area contributed by atoms with Crippen molar-refractivity contribution in [2.75, 3.05) is 78.5 Å². The Morgan fingerprint density at radius 1 is 0.694 bits per heavy atom. The number of benzene rings is 2. The van der Waals surface area contributed by atoms with Gasteiger partial charge in [-0.15, -0.1) is 0 Å². The van der Waals surface area contributed by atoms with Crippen LogP contribution in [-0.4, -0.2) is 150 Å². The van der Waals surface area contributed by atoms with Crippen LogP contribution in [-0.2, 0) is 48.3 Å². The summed E-state index contributed by atoms with van der Waals surface area (Å²) in [5.74, 6) is -3.70. The van der Waals surface area contributed by atoms with E-state index in [1.807, 2.05) is 43.0 Å². The van der Waals surface area contributed by atoms with E-state index in [1.165, 1.54) is 0 Å². The predicted molar refractivity (Wildman–Crippen MR) is 237 cm³/mol. The van der Waals surface area contributed by atoms with Crippen molar-refractivity contribution < 1.29 is 39.0 Å². The smallest absolute Gasteiger partial charge is 0.317 e. The summed E-state index contributed by atoms with van der Waals surface area (Å²) < 4.78 is 0. The number of fused-ring (bicyclic) bond motifs is 3. The Balaban J connectivity index is 1.25. The van der Waals surface area contributed by atoms with Gasteiger partial charge in [-0.2, -0.15) is 0 Å². The van der Waals surface area contributed by atoms with Crippen LogP contribution >= 0.6 is 0 Å². The van der Waals surface area contributed by atoms with Gasteiger partial charge in [0.15, 0.2) is 5.78 Å². The van der Waals surface area contributed by atoms with E-state index in [4.69, 9.17) is 5.73 Å². The van der Waals surface area contributed by atoms with Crippen LogP contribution < -0.4 is 21.7 Å². The fourth-order valence-electron chi connectivity index (χ4n) is 8.02. The number of primary amides is 1. The summed E-state index contributed by atoms with van der Waals surface area (Å²) in [4.78, 5) is 85.8. The molecule has 2 aliphatic rings. The van der Waals surface area contributed by atoms with E-state index in [2.05, 4.69) is 30.7 Å². The van der Waals surface area contributed by atoms with Gasteiger partial charge in [0.1, 0.15) is 5.75 Å². The Bertz CT molecular complexity index is 1760. The van der Waals surface area contributed by atoms with E-state index >= 15 is 0 Å². The van der Waals surface area contributed by atoms with Gasteiger partial charge in [-0.25, -0.2) is 0 Å². The average Bonchev–Trinajstić information content (AvgIpc) is 3.24. The summed E-state index contributed by atoms with van der Waals surface area (Å²) in [6, 6.07) is 13.4. The Hall–Kier alpha value is -4.90. The van der Waals surface area contributed by atoms with Gasteiger partial charge in [0.2, 0.25) is 23.6 Å². The molecule has 3 unspecified atom stereocenters. The lowest BCUT2D eigenvalue weighted by molar-refractivity contribution is -0.138. The first-order valence-electron chi connectivity index (χ1n) is 22.3. The molecule has 2 aromatic rings. The molecule has 2 fully saturated rings. The molecular weight excluding hydrogens is 793 g/mol. The summed E-state index contributed by atoms with van der Waals surface area (Å²) in [7, 11) is 0. The molecule has 4 rings (SSSR count). The number of Topliss-reactive ketones (excluding diaryl/α,β-unsaturated/α-hetero) is 1. The van der Waals surface area contributed by atoms with E-state index in [-0.39, 0.29) is 67.5 Å². The van der Waals surface area contributed by atoms with Gasteiger partial charge in [-0.05, 0) is 80.1 Å². The second kappa shape index (κ2) is 25.9. The lowest BCUT2D eigenvalue weighted by Gasteiger charge is -2.35. The molecule has 2 heterocycles. The number of amides is 4. The Morgan fingerprint density at radius 3 is 1.77 bits per heavy atom. The van der Waals surface area contributed by atoms with Crippen molar-refractivity contribution in [3.8, 4) is 5.75 Å². The van der Waals surface area contributed by atoms with E-state index < -0.39 is 29.8 Å². The second-order valence-corrected chi connectivity index (χ2v) is 17.2. The third-order valence-corrected chi connectivity index (χ3v) is 12.1. The predicted octanol–water partition coefficient (Wildman–Crippen LogP) is 1.98. The van der Waals surface area contributed by atoms with Crippen LogP contribution in [0, 0.1) is 17.8 Å². The first kappa shape index (κ1) is 49.8. The zero-order valence-electron chi connectivity index (χ0n) is 37.0. The number of rotatable bonds is 21. The summed E-state index contributed by atoms with van der Waals surface area (Å²) in [6.45, 7) is 15.0. The molecule has 0 aliphatic carbocycles. The Morgan fingerprint density at radius 2 is 1.23 bits per heavy atom. The van der Waals surface area contributed by atoms with E-state index in [0.717, 1.165) is 95.0 Å².